The molecule has 104 valence electrons. The second-order valence-corrected chi connectivity index (χ2v) is 5.41. The Bertz CT molecular complexity index is 406. The average molecular weight is 260 g/mol. The highest BCUT2D eigenvalue weighted by Gasteiger charge is 2.24. The third-order valence-corrected chi connectivity index (χ3v) is 3.76. The zero-order chi connectivity index (χ0) is 13.7. The van der Waals surface area contributed by atoms with Crippen molar-refractivity contribution in [3.05, 3.63) is 35.4 Å². The molecule has 2 rings (SSSR count). The fraction of sp³-hybridized carbons (Fsp3) is 0.562. The summed E-state index contributed by atoms with van der Waals surface area (Å²) in [5, 5.41) is 6.42. The van der Waals surface area contributed by atoms with E-state index >= 15 is 0 Å². The molecule has 0 aromatic heterocycles. The summed E-state index contributed by atoms with van der Waals surface area (Å²) in [4.78, 5) is 11.9. The maximum atomic E-state index is 11.9. The second kappa shape index (κ2) is 6.71. The molecule has 0 bridgehead atoms. The maximum absolute atomic E-state index is 11.9. The van der Waals surface area contributed by atoms with Gasteiger partial charge in [-0.15, -0.1) is 0 Å². The number of nitrogens with one attached hydrogen (secondary N) is 2. The van der Waals surface area contributed by atoms with E-state index < -0.39 is 0 Å². The van der Waals surface area contributed by atoms with Gasteiger partial charge in [0.05, 0.1) is 6.04 Å². The molecule has 19 heavy (non-hydrogen) atoms. The lowest BCUT2D eigenvalue weighted by Gasteiger charge is -2.18. The van der Waals surface area contributed by atoms with Gasteiger partial charge in [-0.05, 0) is 37.3 Å². The van der Waals surface area contributed by atoms with Crippen molar-refractivity contribution in [2.75, 3.05) is 6.54 Å². The number of carbonyl (C=O) groups excluding carboxylic acids is 1. The number of rotatable bonds is 6. The molecular weight excluding hydrogens is 236 g/mol. The van der Waals surface area contributed by atoms with Crippen molar-refractivity contribution >= 4 is 5.91 Å². The smallest absolute Gasteiger partial charge is 0.236 e. The van der Waals surface area contributed by atoms with Crippen LogP contribution in [0.1, 0.15) is 37.8 Å². The molecule has 1 amide bonds. The first-order valence-electron chi connectivity index (χ1n) is 7.31. The molecule has 2 N–H and O–H groups in total. The normalized spacial score (nSPS) is 16.1. The van der Waals surface area contributed by atoms with Gasteiger partial charge in [-0.1, -0.05) is 37.6 Å². The lowest BCUT2D eigenvalue weighted by Crippen LogP contribution is -2.47. The number of unbranched alkanes of at least 4 members (excludes halogenated alkanes) is 1. The topological polar surface area (TPSA) is 41.1 Å². The quantitative estimate of drug-likeness (QED) is 0.769. The van der Waals surface area contributed by atoms with Gasteiger partial charge in [0, 0.05) is 12.6 Å². The summed E-state index contributed by atoms with van der Waals surface area (Å²) < 4.78 is 0. The van der Waals surface area contributed by atoms with E-state index in [1.54, 1.807) is 0 Å². The minimum atomic E-state index is -0.115. The van der Waals surface area contributed by atoms with Crippen molar-refractivity contribution in [1.82, 2.24) is 10.6 Å². The highest BCUT2D eigenvalue weighted by atomic mass is 16.2. The molecule has 3 heteroatoms. The van der Waals surface area contributed by atoms with Gasteiger partial charge in [-0.2, -0.15) is 0 Å². The predicted molar refractivity (Wildman–Crippen MR) is 78.2 cm³/mol. The number of hydrogen-bond acceptors (Lipinski definition) is 2. The van der Waals surface area contributed by atoms with Crippen LogP contribution < -0.4 is 10.6 Å². The van der Waals surface area contributed by atoms with E-state index in [2.05, 4.69) is 41.8 Å². The van der Waals surface area contributed by atoms with Gasteiger partial charge in [-0.3, -0.25) is 4.79 Å². The third kappa shape index (κ3) is 3.80. The number of fused-ring (bicyclic) bond motifs is 1. The minimum absolute atomic E-state index is 0.115. The van der Waals surface area contributed by atoms with Crippen molar-refractivity contribution in [2.24, 2.45) is 0 Å². The highest BCUT2D eigenvalue weighted by Crippen LogP contribution is 2.21. The number of amides is 1. The SMILES string of the molecule is CCCCNC(=O)C(C)NC1Cc2ccccc2C1. The van der Waals surface area contributed by atoms with Crippen LogP contribution in [0.15, 0.2) is 24.3 Å². The van der Waals surface area contributed by atoms with E-state index in [0.29, 0.717) is 6.04 Å². The molecule has 1 aromatic carbocycles. The summed E-state index contributed by atoms with van der Waals surface area (Å²) in [6.45, 7) is 4.86. The van der Waals surface area contributed by atoms with E-state index in [1.165, 1.54) is 11.1 Å². The third-order valence-electron chi connectivity index (χ3n) is 3.76. The van der Waals surface area contributed by atoms with E-state index in [1.807, 2.05) is 6.92 Å². The van der Waals surface area contributed by atoms with Crippen LogP contribution in [-0.2, 0) is 17.6 Å². The first-order valence-corrected chi connectivity index (χ1v) is 7.31. The van der Waals surface area contributed by atoms with Gasteiger partial charge < -0.3 is 10.6 Å². The Hall–Kier alpha value is -1.35. The fourth-order valence-electron chi connectivity index (χ4n) is 2.65. The first-order chi connectivity index (χ1) is 9.20. The minimum Gasteiger partial charge on any atom is -0.355 e. The maximum Gasteiger partial charge on any atom is 0.236 e. The Labute approximate surface area is 115 Å². The van der Waals surface area contributed by atoms with Gasteiger partial charge in [0.25, 0.3) is 0 Å². The monoisotopic (exact) mass is 260 g/mol. The summed E-state index contributed by atoms with van der Waals surface area (Å²) in [5.74, 6) is 0.115. The van der Waals surface area contributed by atoms with Gasteiger partial charge in [0.1, 0.15) is 0 Å². The molecule has 1 unspecified atom stereocenters. The molecule has 0 fully saturated rings. The Balaban J connectivity index is 1.78. The zero-order valence-corrected chi connectivity index (χ0v) is 11.9. The molecule has 0 heterocycles. The molecule has 0 radical (unpaired) electrons. The number of hydrogen-bond donors (Lipinski definition) is 2. The highest BCUT2D eigenvalue weighted by molar-refractivity contribution is 5.81. The summed E-state index contributed by atoms with van der Waals surface area (Å²) in [6.07, 6.45) is 4.22. The van der Waals surface area contributed by atoms with Crippen molar-refractivity contribution < 1.29 is 4.79 Å². The first kappa shape index (κ1) is 14.1. The molecule has 1 atom stereocenters. The van der Waals surface area contributed by atoms with Gasteiger partial charge in [0.15, 0.2) is 0 Å². The average Bonchev–Trinajstić information content (AvgIpc) is 2.80. The van der Waals surface area contributed by atoms with Gasteiger partial charge in [0.2, 0.25) is 5.91 Å². The molecule has 1 aromatic rings. The molecule has 0 aliphatic heterocycles. The Morgan fingerprint density at radius 1 is 1.32 bits per heavy atom. The second-order valence-electron chi connectivity index (χ2n) is 5.41. The molecule has 1 aliphatic carbocycles. The standard InChI is InChI=1S/C16H24N2O/c1-3-4-9-17-16(19)12(2)18-15-10-13-7-5-6-8-14(13)11-15/h5-8,12,15,18H,3-4,9-11H2,1-2H3,(H,17,19). The van der Waals surface area contributed by atoms with Crippen molar-refractivity contribution in [1.29, 1.82) is 0 Å². The van der Waals surface area contributed by atoms with E-state index in [0.717, 1.165) is 32.2 Å². The fourth-order valence-corrected chi connectivity index (χ4v) is 2.65. The number of benzene rings is 1. The van der Waals surface area contributed by atoms with Crippen molar-refractivity contribution in [3.8, 4) is 0 Å². The van der Waals surface area contributed by atoms with Gasteiger partial charge >= 0.3 is 0 Å². The summed E-state index contributed by atoms with van der Waals surface area (Å²) in [6, 6.07) is 8.82. The van der Waals surface area contributed by atoms with Crippen LogP contribution >= 0.6 is 0 Å². The molecule has 3 nitrogen and oxygen atoms in total. The zero-order valence-electron chi connectivity index (χ0n) is 11.9. The van der Waals surface area contributed by atoms with E-state index in [4.69, 9.17) is 0 Å². The van der Waals surface area contributed by atoms with Crippen molar-refractivity contribution in [3.63, 3.8) is 0 Å². The molecule has 1 aliphatic rings. The Morgan fingerprint density at radius 3 is 2.53 bits per heavy atom. The van der Waals surface area contributed by atoms with Gasteiger partial charge in [-0.25, -0.2) is 0 Å². The largest absolute Gasteiger partial charge is 0.355 e. The lowest BCUT2D eigenvalue weighted by molar-refractivity contribution is -0.122. The van der Waals surface area contributed by atoms with E-state index in [9.17, 15) is 4.79 Å². The summed E-state index contributed by atoms with van der Waals surface area (Å²) in [5.41, 5.74) is 2.83. The van der Waals surface area contributed by atoms with Crippen LogP contribution in [-0.4, -0.2) is 24.5 Å². The molecule has 0 spiro atoms. The van der Waals surface area contributed by atoms with Crippen LogP contribution in [0.5, 0.6) is 0 Å². The van der Waals surface area contributed by atoms with Crippen LogP contribution in [0.3, 0.4) is 0 Å². The Kier molecular flexibility index (Phi) is 4.97. The summed E-state index contributed by atoms with van der Waals surface area (Å²) in [7, 11) is 0. The molecular formula is C16H24N2O. The lowest BCUT2D eigenvalue weighted by atomic mass is 10.1. The number of carbonyl (C=O) groups is 1. The van der Waals surface area contributed by atoms with Crippen molar-refractivity contribution in [2.45, 2.75) is 51.6 Å². The van der Waals surface area contributed by atoms with E-state index in [-0.39, 0.29) is 11.9 Å². The van der Waals surface area contributed by atoms with Crippen LogP contribution in [0, 0.1) is 0 Å². The van der Waals surface area contributed by atoms with Crippen LogP contribution in [0.4, 0.5) is 0 Å². The van der Waals surface area contributed by atoms with Crippen LogP contribution in [0.25, 0.3) is 0 Å². The predicted octanol–water partition coefficient (Wildman–Crippen LogP) is 2.05. The Morgan fingerprint density at radius 2 is 1.95 bits per heavy atom. The molecule has 0 saturated heterocycles. The summed E-state index contributed by atoms with van der Waals surface area (Å²) >= 11 is 0. The van der Waals surface area contributed by atoms with Crippen LogP contribution in [0.2, 0.25) is 0 Å². The molecule has 0 saturated carbocycles.